The first-order valence-corrected chi connectivity index (χ1v) is 12.1. The summed E-state index contributed by atoms with van der Waals surface area (Å²) >= 11 is 0. The lowest BCUT2D eigenvalue weighted by molar-refractivity contribution is -0.153. The minimum Gasteiger partial charge on any atom is -0.536 e. The van der Waals surface area contributed by atoms with Crippen LogP contribution in [0.5, 0.6) is 11.6 Å². The van der Waals surface area contributed by atoms with E-state index in [1.165, 1.54) is 18.2 Å². The van der Waals surface area contributed by atoms with E-state index < -0.39 is 42.6 Å². The van der Waals surface area contributed by atoms with Crippen LogP contribution < -0.4 is 14.7 Å². The van der Waals surface area contributed by atoms with Crippen LogP contribution in [0, 0.1) is 6.92 Å². The highest BCUT2D eigenvalue weighted by Gasteiger charge is 2.40. The Hall–Kier alpha value is -3.93. The van der Waals surface area contributed by atoms with Crippen molar-refractivity contribution in [2.45, 2.75) is 38.5 Å². The van der Waals surface area contributed by atoms with Crippen molar-refractivity contribution in [3.8, 4) is 11.6 Å². The van der Waals surface area contributed by atoms with E-state index in [-0.39, 0.29) is 19.5 Å². The number of hydrogen-bond donors (Lipinski definition) is 2. The zero-order valence-corrected chi connectivity index (χ0v) is 21.0. The van der Waals surface area contributed by atoms with E-state index in [0.717, 1.165) is 16.0 Å². The molecule has 0 spiro atoms. The molecular weight excluding hydrogens is 479 g/mol. The van der Waals surface area contributed by atoms with E-state index in [0.29, 0.717) is 30.2 Å². The van der Waals surface area contributed by atoms with Crippen molar-refractivity contribution in [1.29, 1.82) is 0 Å². The van der Waals surface area contributed by atoms with Gasteiger partial charge in [-0.05, 0) is 37.5 Å². The van der Waals surface area contributed by atoms with Gasteiger partial charge in [0.2, 0.25) is 5.88 Å². The third-order valence-electron chi connectivity index (χ3n) is 6.71. The molecule has 1 saturated heterocycles. The quantitative estimate of drug-likeness (QED) is 0.422. The molecule has 2 aliphatic rings. The number of carbonyl (C=O) groups is 4. The average Bonchev–Trinajstić information content (AvgIpc) is 2.89. The number of benzene rings is 1. The summed E-state index contributed by atoms with van der Waals surface area (Å²) in [7, 11) is 0.249. The van der Waals surface area contributed by atoms with E-state index in [9.17, 15) is 24.2 Å². The topological polar surface area (TPSA) is 138 Å². The first-order valence-electron chi connectivity index (χ1n) is 12.1. The largest absolute Gasteiger partial charge is 0.536 e. The first-order chi connectivity index (χ1) is 17.7. The molecule has 11 nitrogen and oxygen atoms in total. The minimum atomic E-state index is -1.20. The lowest BCUT2D eigenvalue weighted by Gasteiger charge is -2.33. The minimum absolute atomic E-state index is 0.0112. The summed E-state index contributed by atoms with van der Waals surface area (Å²) in [5, 5.41) is 13.2. The van der Waals surface area contributed by atoms with Gasteiger partial charge in [-0.25, -0.2) is 9.78 Å². The summed E-state index contributed by atoms with van der Waals surface area (Å²) in [6.07, 6.45) is 1.70. The number of aromatic nitrogens is 1. The maximum absolute atomic E-state index is 13.5. The number of urea groups is 1. The number of ketones is 1. The van der Waals surface area contributed by atoms with E-state index in [1.807, 2.05) is 25.1 Å². The highest BCUT2D eigenvalue weighted by Crippen LogP contribution is 2.36. The van der Waals surface area contributed by atoms with Crippen LogP contribution in [0.2, 0.25) is 5.82 Å². The van der Waals surface area contributed by atoms with Gasteiger partial charge >= 0.3 is 25.0 Å². The Bertz CT molecular complexity index is 1210. The normalized spacial score (nSPS) is 18.2. The SMILES string of the molecule is CCN1CCN(C(=O)NC(C(=O)C[C@H]2Cc3cccc(C)c3OB2O)c2ccc(OC)nc2)C(=O)C1=O. The van der Waals surface area contributed by atoms with Crippen LogP contribution in [-0.2, 0) is 20.8 Å². The van der Waals surface area contributed by atoms with Gasteiger partial charge in [0.1, 0.15) is 11.8 Å². The predicted molar refractivity (Wildman–Crippen MR) is 133 cm³/mol. The third kappa shape index (κ3) is 5.43. The molecule has 37 heavy (non-hydrogen) atoms. The molecule has 4 rings (SSSR count). The molecule has 194 valence electrons. The summed E-state index contributed by atoms with van der Waals surface area (Å²) < 4.78 is 10.8. The third-order valence-corrected chi connectivity index (χ3v) is 6.71. The summed E-state index contributed by atoms with van der Waals surface area (Å²) in [4.78, 5) is 57.7. The Morgan fingerprint density at radius 3 is 2.70 bits per heavy atom. The van der Waals surface area contributed by atoms with Crippen molar-refractivity contribution in [3.63, 3.8) is 0 Å². The molecule has 4 amide bonds. The number of hydrogen-bond acceptors (Lipinski definition) is 8. The number of nitrogens with zero attached hydrogens (tertiary/aromatic N) is 3. The van der Waals surface area contributed by atoms with Gasteiger partial charge in [0.25, 0.3) is 0 Å². The van der Waals surface area contributed by atoms with Crippen LogP contribution in [0.15, 0.2) is 36.5 Å². The molecule has 2 aliphatic heterocycles. The van der Waals surface area contributed by atoms with Crippen molar-refractivity contribution in [1.82, 2.24) is 20.1 Å². The fourth-order valence-electron chi connectivity index (χ4n) is 4.60. The van der Waals surface area contributed by atoms with Gasteiger partial charge in [0, 0.05) is 49.7 Å². The van der Waals surface area contributed by atoms with Crippen molar-refractivity contribution >= 4 is 30.7 Å². The lowest BCUT2D eigenvalue weighted by Crippen LogP contribution is -2.58. The van der Waals surface area contributed by atoms with E-state index >= 15 is 0 Å². The Morgan fingerprint density at radius 1 is 1.24 bits per heavy atom. The number of ether oxygens (including phenoxy) is 1. The zero-order valence-electron chi connectivity index (χ0n) is 21.0. The molecule has 0 radical (unpaired) electrons. The van der Waals surface area contributed by atoms with E-state index in [2.05, 4.69) is 10.3 Å². The Kier molecular flexibility index (Phi) is 7.77. The van der Waals surface area contributed by atoms with Crippen LogP contribution in [0.3, 0.4) is 0 Å². The van der Waals surface area contributed by atoms with Gasteiger partial charge in [-0.1, -0.05) is 18.2 Å². The zero-order chi connectivity index (χ0) is 26.7. The molecule has 0 saturated carbocycles. The molecule has 0 bridgehead atoms. The molecule has 0 aliphatic carbocycles. The van der Waals surface area contributed by atoms with Crippen LogP contribution >= 0.6 is 0 Å². The summed E-state index contributed by atoms with van der Waals surface area (Å²) in [5.41, 5.74) is 2.14. The van der Waals surface area contributed by atoms with Gasteiger partial charge < -0.3 is 24.6 Å². The number of aryl methyl sites for hydroxylation is 1. The van der Waals surface area contributed by atoms with Crippen molar-refractivity contribution < 1.29 is 33.6 Å². The first kappa shape index (κ1) is 26.1. The fourth-order valence-corrected chi connectivity index (χ4v) is 4.60. The van der Waals surface area contributed by atoms with Crippen molar-refractivity contribution in [2.24, 2.45) is 0 Å². The number of carbonyl (C=O) groups excluding carboxylic acids is 4. The standard InChI is InChI=1S/C25H29BN4O7/c1-4-29-10-11-30(24(33)23(29)32)25(34)28-21(17-8-9-20(36-3)27-14-17)19(31)13-18-12-16-7-5-6-15(2)22(16)37-26(18)35/h5-9,14,18,21,35H,4,10-13H2,1-3H3,(H,28,34)/t18-,21?/m1/s1. The fraction of sp³-hybridized carbons (Fsp3) is 0.400. The van der Waals surface area contributed by atoms with Gasteiger partial charge in [-0.3, -0.25) is 19.3 Å². The maximum Gasteiger partial charge on any atom is 0.526 e. The number of Topliss-reactive ketones (excluding diaryl/α,β-unsaturated/α-hetero) is 1. The second kappa shape index (κ2) is 11.0. The summed E-state index contributed by atoms with van der Waals surface area (Å²) in [6.45, 7) is 4.20. The number of methoxy groups -OCH3 is 1. The second-order valence-corrected chi connectivity index (χ2v) is 9.06. The number of rotatable bonds is 7. The Morgan fingerprint density at radius 2 is 2.03 bits per heavy atom. The molecule has 1 fully saturated rings. The summed E-state index contributed by atoms with van der Waals surface area (Å²) in [5.74, 6) is -1.75. The molecule has 12 heteroatoms. The molecule has 1 aromatic carbocycles. The number of fused-ring (bicyclic) bond motifs is 1. The van der Waals surface area contributed by atoms with Crippen LogP contribution in [0.1, 0.15) is 36.1 Å². The molecule has 2 atom stereocenters. The highest BCUT2D eigenvalue weighted by atomic mass is 16.5. The van der Waals surface area contributed by atoms with Crippen molar-refractivity contribution in [2.75, 3.05) is 26.7 Å². The van der Waals surface area contributed by atoms with Gasteiger partial charge in [0.15, 0.2) is 5.78 Å². The predicted octanol–water partition coefficient (Wildman–Crippen LogP) is 1.29. The highest BCUT2D eigenvalue weighted by molar-refractivity contribution is 6.46. The number of para-hydroxylation sites is 1. The summed E-state index contributed by atoms with van der Waals surface area (Å²) in [6, 6.07) is 6.75. The van der Waals surface area contributed by atoms with E-state index in [4.69, 9.17) is 9.39 Å². The monoisotopic (exact) mass is 508 g/mol. The second-order valence-electron chi connectivity index (χ2n) is 9.06. The number of pyridine rings is 1. The molecule has 2 aromatic rings. The van der Waals surface area contributed by atoms with Crippen LogP contribution in [0.25, 0.3) is 0 Å². The molecular formula is C25H29BN4O7. The number of likely N-dealkylation sites (N-methyl/N-ethyl adjacent to an activating group) is 1. The Balaban J connectivity index is 1.54. The van der Waals surface area contributed by atoms with E-state index in [1.54, 1.807) is 19.1 Å². The molecule has 2 N–H and O–H groups in total. The molecule has 1 unspecified atom stereocenters. The Labute approximate surface area is 214 Å². The molecule has 3 heterocycles. The van der Waals surface area contributed by atoms with Gasteiger partial charge in [0.05, 0.1) is 7.11 Å². The van der Waals surface area contributed by atoms with Crippen LogP contribution in [0.4, 0.5) is 4.79 Å². The van der Waals surface area contributed by atoms with Crippen molar-refractivity contribution in [3.05, 3.63) is 53.2 Å². The smallest absolute Gasteiger partial charge is 0.526 e. The van der Waals surface area contributed by atoms with Gasteiger partial charge in [-0.2, -0.15) is 0 Å². The lowest BCUT2D eigenvalue weighted by atomic mass is 9.64. The number of piperazine rings is 1. The van der Waals surface area contributed by atoms with Crippen LogP contribution in [-0.4, -0.2) is 77.3 Å². The number of nitrogens with one attached hydrogen (secondary N) is 1. The average molecular weight is 508 g/mol. The maximum atomic E-state index is 13.5. The van der Waals surface area contributed by atoms with Gasteiger partial charge in [-0.15, -0.1) is 0 Å². The number of imide groups is 1. The molecule has 1 aromatic heterocycles. The number of amides is 4.